The maximum absolute atomic E-state index is 8.88. The second-order valence-electron chi connectivity index (χ2n) is 4.69. The Morgan fingerprint density at radius 2 is 2.15 bits per heavy atom. The summed E-state index contributed by atoms with van der Waals surface area (Å²) >= 11 is 7.88. The maximum Gasteiger partial charge on any atom is 0.110 e. The zero-order valence-electron chi connectivity index (χ0n) is 11.6. The van der Waals surface area contributed by atoms with Crippen LogP contribution in [0, 0.1) is 11.3 Å². The van der Waals surface area contributed by atoms with Crippen LogP contribution < -0.4 is 5.32 Å². The van der Waals surface area contributed by atoms with Gasteiger partial charge in [0.1, 0.15) is 10.9 Å². The van der Waals surface area contributed by atoms with Crippen LogP contribution in [0.2, 0.25) is 5.02 Å². The van der Waals surface area contributed by atoms with Crippen LogP contribution in [0.3, 0.4) is 0 Å². The molecule has 1 heterocycles. The molecular weight excluding hydrogens is 288 g/mol. The fraction of sp³-hybridized carbons (Fsp3) is 0.312. The first-order chi connectivity index (χ1) is 9.65. The second-order valence-corrected chi connectivity index (χ2v) is 6.18. The summed E-state index contributed by atoms with van der Waals surface area (Å²) in [7, 11) is 0. The zero-order chi connectivity index (χ0) is 14.5. The van der Waals surface area contributed by atoms with Gasteiger partial charge in [-0.1, -0.05) is 30.7 Å². The number of thiophene rings is 1. The highest BCUT2D eigenvalue weighted by Gasteiger charge is 2.11. The van der Waals surface area contributed by atoms with Crippen LogP contribution in [0.15, 0.2) is 30.3 Å². The van der Waals surface area contributed by atoms with Gasteiger partial charge >= 0.3 is 0 Å². The monoisotopic (exact) mass is 304 g/mol. The summed E-state index contributed by atoms with van der Waals surface area (Å²) in [4.78, 5) is 1.79. The number of nitrogens with zero attached hydrogens (tertiary/aromatic N) is 1. The van der Waals surface area contributed by atoms with Crippen molar-refractivity contribution in [3.63, 3.8) is 0 Å². The standard InChI is InChI=1S/C16H17ClN2S/c1-3-8-19-11(2)14-6-4-12(9-15(14)17)16-7-5-13(10-18)20-16/h4-7,9,11,19H,3,8H2,1-2H3. The molecule has 0 radical (unpaired) electrons. The number of rotatable bonds is 5. The smallest absolute Gasteiger partial charge is 0.110 e. The van der Waals surface area contributed by atoms with Gasteiger partial charge in [-0.15, -0.1) is 11.3 Å². The Labute approximate surface area is 129 Å². The number of halogens is 1. The normalized spacial score (nSPS) is 12.1. The Bertz CT molecular complexity index is 628. The summed E-state index contributed by atoms with van der Waals surface area (Å²) < 4.78 is 0. The van der Waals surface area contributed by atoms with Crippen LogP contribution in [-0.2, 0) is 0 Å². The first-order valence-electron chi connectivity index (χ1n) is 6.68. The fourth-order valence-electron chi connectivity index (χ4n) is 2.06. The maximum atomic E-state index is 8.88. The highest BCUT2D eigenvalue weighted by atomic mass is 35.5. The van der Waals surface area contributed by atoms with E-state index in [-0.39, 0.29) is 6.04 Å². The third-order valence-corrected chi connectivity index (χ3v) is 4.53. The molecule has 0 aliphatic rings. The van der Waals surface area contributed by atoms with E-state index >= 15 is 0 Å². The summed E-state index contributed by atoms with van der Waals surface area (Å²) in [6.45, 7) is 5.25. The minimum atomic E-state index is 0.245. The van der Waals surface area contributed by atoms with E-state index in [2.05, 4.69) is 37.4 Å². The fourth-order valence-corrected chi connectivity index (χ4v) is 3.20. The van der Waals surface area contributed by atoms with Gasteiger partial charge in [-0.05, 0) is 49.2 Å². The molecule has 0 aliphatic heterocycles. The van der Waals surface area contributed by atoms with Crippen LogP contribution in [0.25, 0.3) is 10.4 Å². The topological polar surface area (TPSA) is 35.8 Å². The Balaban J connectivity index is 2.23. The molecule has 0 fully saturated rings. The Hall–Kier alpha value is -1.34. The van der Waals surface area contributed by atoms with Crippen molar-refractivity contribution in [2.75, 3.05) is 6.54 Å². The van der Waals surface area contributed by atoms with Crippen molar-refractivity contribution in [1.82, 2.24) is 5.32 Å². The van der Waals surface area contributed by atoms with E-state index in [1.165, 1.54) is 11.3 Å². The molecule has 0 aliphatic carbocycles. The average Bonchev–Trinajstić information content (AvgIpc) is 2.93. The van der Waals surface area contributed by atoms with E-state index in [9.17, 15) is 0 Å². The Morgan fingerprint density at radius 3 is 2.75 bits per heavy atom. The summed E-state index contributed by atoms with van der Waals surface area (Å²) in [6, 6.07) is 12.3. The third-order valence-electron chi connectivity index (χ3n) is 3.17. The molecule has 1 N–H and O–H groups in total. The van der Waals surface area contributed by atoms with Crippen LogP contribution in [0.4, 0.5) is 0 Å². The Morgan fingerprint density at radius 1 is 1.35 bits per heavy atom. The molecule has 1 aromatic heterocycles. The van der Waals surface area contributed by atoms with Gasteiger partial charge in [-0.2, -0.15) is 5.26 Å². The molecule has 1 unspecified atom stereocenters. The first kappa shape index (κ1) is 15.1. The van der Waals surface area contributed by atoms with Gasteiger partial charge < -0.3 is 5.32 Å². The van der Waals surface area contributed by atoms with Crippen molar-refractivity contribution in [2.45, 2.75) is 26.3 Å². The largest absolute Gasteiger partial charge is 0.310 e. The number of hydrogen-bond acceptors (Lipinski definition) is 3. The van der Waals surface area contributed by atoms with Gasteiger partial charge in [0.25, 0.3) is 0 Å². The number of nitrogens with one attached hydrogen (secondary N) is 1. The first-order valence-corrected chi connectivity index (χ1v) is 7.88. The zero-order valence-corrected chi connectivity index (χ0v) is 13.2. The van der Waals surface area contributed by atoms with E-state index in [1.54, 1.807) is 0 Å². The molecule has 20 heavy (non-hydrogen) atoms. The van der Waals surface area contributed by atoms with E-state index in [1.807, 2.05) is 18.2 Å². The van der Waals surface area contributed by atoms with Gasteiger partial charge in [-0.3, -0.25) is 0 Å². The van der Waals surface area contributed by atoms with Gasteiger partial charge in [0.05, 0.1) is 0 Å². The molecule has 0 saturated carbocycles. The highest BCUT2D eigenvalue weighted by Crippen LogP contribution is 2.32. The molecule has 0 saturated heterocycles. The van der Waals surface area contributed by atoms with E-state index in [4.69, 9.17) is 16.9 Å². The van der Waals surface area contributed by atoms with Gasteiger partial charge in [0.15, 0.2) is 0 Å². The van der Waals surface area contributed by atoms with Gasteiger partial charge in [-0.25, -0.2) is 0 Å². The van der Waals surface area contributed by atoms with Crippen molar-refractivity contribution in [3.8, 4) is 16.5 Å². The molecule has 1 atom stereocenters. The lowest BCUT2D eigenvalue weighted by molar-refractivity contribution is 0.571. The summed E-state index contributed by atoms with van der Waals surface area (Å²) in [6.07, 6.45) is 1.10. The summed E-state index contributed by atoms with van der Waals surface area (Å²) in [5, 5.41) is 13.1. The number of hydrogen-bond donors (Lipinski definition) is 1. The molecule has 0 spiro atoms. The second kappa shape index (κ2) is 6.90. The van der Waals surface area contributed by atoms with Crippen molar-refractivity contribution < 1.29 is 0 Å². The van der Waals surface area contributed by atoms with Crippen LogP contribution in [0.5, 0.6) is 0 Å². The molecule has 2 aromatic rings. The van der Waals surface area contributed by atoms with Crippen LogP contribution in [0.1, 0.15) is 36.8 Å². The molecule has 2 rings (SSSR count). The highest BCUT2D eigenvalue weighted by molar-refractivity contribution is 7.16. The summed E-state index contributed by atoms with van der Waals surface area (Å²) in [5.74, 6) is 0. The quantitative estimate of drug-likeness (QED) is 0.843. The molecule has 4 heteroatoms. The predicted molar refractivity (Wildman–Crippen MR) is 86.2 cm³/mol. The molecular formula is C16H17ClN2S. The van der Waals surface area contributed by atoms with E-state index in [0.717, 1.165) is 38.9 Å². The lowest BCUT2D eigenvalue weighted by atomic mass is 10.0. The predicted octanol–water partition coefficient (Wildman–Crippen LogP) is 5.00. The van der Waals surface area contributed by atoms with Crippen molar-refractivity contribution in [2.24, 2.45) is 0 Å². The lowest BCUT2D eigenvalue weighted by Gasteiger charge is -2.15. The minimum absolute atomic E-state index is 0.245. The SMILES string of the molecule is CCCNC(C)c1ccc(-c2ccc(C#N)s2)cc1Cl. The van der Waals surface area contributed by atoms with E-state index < -0.39 is 0 Å². The van der Waals surface area contributed by atoms with E-state index in [0.29, 0.717) is 0 Å². The number of benzene rings is 1. The van der Waals surface area contributed by atoms with Crippen LogP contribution >= 0.6 is 22.9 Å². The molecule has 104 valence electrons. The van der Waals surface area contributed by atoms with Crippen molar-refractivity contribution in [3.05, 3.63) is 45.8 Å². The molecule has 0 amide bonds. The summed E-state index contributed by atoms with van der Waals surface area (Å²) in [5.41, 5.74) is 2.17. The molecule has 1 aromatic carbocycles. The Kier molecular flexibility index (Phi) is 5.19. The van der Waals surface area contributed by atoms with Crippen molar-refractivity contribution in [1.29, 1.82) is 5.26 Å². The lowest BCUT2D eigenvalue weighted by Crippen LogP contribution is -2.19. The minimum Gasteiger partial charge on any atom is -0.310 e. The molecule has 2 nitrogen and oxygen atoms in total. The van der Waals surface area contributed by atoms with Crippen molar-refractivity contribution >= 4 is 22.9 Å². The van der Waals surface area contributed by atoms with Gasteiger partial charge in [0.2, 0.25) is 0 Å². The third kappa shape index (κ3) is 3.40. The average molecular weight is 305 g/mol. The van der Waals surface area contributed by atoms with Crippen LogP contribution in [-0.4, -0.2) is 6.54 Å². The molecule has 0 bridgehead atoms. The van der Waals surface area contributed by atoms with Gasteiger partial charge in [0, 0.05) is 15.9 Å². The number of nitriles is 1.